The molecular weight excluding hydrogens is 278 g/mol. The smallest absolute Gasteiger partial charge is 0.320 e. The molecule has 0 aliphatic carbocycles. The van der Waals surface area contributed by atoms with Gasteiger partial charge in [-0.3, -0.25) is 9.36 Å². The first-order valence-corrected chi connectivity index (χ1v) is 6.91. The van der Waals surface area contributed by atoms with E-state index in [2.05, 4.69) is 4.98 Å². The van der Waals surface area contributed by atoms with Crippen molar-refractivity contribution < 1.29 is 18.3 Å². The van der Waals surface area contributed by atoms with Gasteiger partial charge in [-0.05, 0) is 25.5 Å². The van der Waals surface area contributed by atoms with Gasteiger partial charge in [0.2, 0.25) is 0 Å². The van der Waals surface area contributed by atoms with Crippen molar-refractivity contribution in [2.45, 2.75) is 39.8 Å². The Morgan fingerprint density at radius 2 is 2.00 bits per heavy atom. The van der Waals surface area contributed by atoms with Crippen molar-refractivity contribution in [3.8, 4) is 0 Å². The van der Waals surface area contributed by atoms with Gasteiger partial charge >= 0.3 is 12.5 Å². The number of ether oxygens (including phenoxy) is 1. The van der Waals surface area contributed by atoms with E-state index in [0.29, 0.717) is 17.5 Å². The molecule has 0 fully saturated rings. The normalized spacial score (nSPS) is 14.4. The summed E-state index contributed by atoms with van der Waals surface area (Å²) >= 11 is 0. The molecule has 0 aliphatic heterocycles. The number of carbonyl (C=O) groups is 1. The van der Waals surface area contributed by atoms with Crippen molar-refractivity contribution >= 4 is 17.0 Å². The third-order valence-corrected chi connectivity index (χ3v) is 3.49. The molecule has 114 valence electrons. The summed E-state index contributed by atoms with van der Waals surface area (Å²) in [5, 5.41) is 0. The van der Waals surface area contributed by atoms with Gasteiger partial charge in [0.05, 0.1) is 17.0 Å². The van der Waals surface area contributed by atoms with Crippen molar-refractivity contribution in [3.05, 3.63) is 30.1 Å². The van der Waals surface area contributed by atoms with Crippen LogP contribution in [0.25, 0.3) is 11.0 Å². The molecule has 2 rings (SSSR count). The first kappa shape index (κ1) is 15.4. The van der Waals surface area contributed by atoms with Gasteiger partial charge < -0.3 is 4.74 Å². The van der Waals surface area contributed by atoms with E-state index in [9.17, 15) is 13.6 Å². The zero-order valence-corrected chi connectivity index (χ0v) is 12.2. The maximum Gasteiger partial charge on any atom is 0.320 e. The second kappa shape index (κ2) is 6.20. The van der Waals surface area contributed by atoms with Crippen LogP contribution in [0, 0.1) is 5.92 Å². The van der Waals surface area contributed by atoms with Gasteiger partial charge in [-0.1, -0.05) is 26.0 Å². The molecule has 0 bridgehead atoms. The summed E-state index contributed by atoms with van der Waals surface area (Å²) in [5.74, 6) is -0.613. The van der Waals surface area contributed by atoms with Crippen molar-refractivity contribution in [2.24, 2.45) is 5.92 Å². The number of benzene rings is 1. The summed E-state index contributed by atoms with van der Waals surface area (Å²) in [6.07, 6.45) is -0.190. The summed E-state index contributed by atoms with van der Waals surface area (Å²) in [4.78, 5) is 16.0. The van der Waals surface area contributed by atoms with Crippen LogP contribution >= 0.6 is 0 Å². The van der Waals surface area contributed by atoms with Crippen LogP contribution in [0.4, 0.5) is 8.78 Å². The highest BCUT2D eigenvalue weighted by atomic mass is 19.3. The second-order valence-corrected chi connectivity index (χ2v) is 4.99. The average molecular weight is 296 g/mol. The summed E-state index contributed by atoms with van der Waals surface area (Å²) in [6, 6.07) is 6.62. The Labute approximate surface area is 121 Å². The Morgan fingerprint density at radius 1 is 1.33 bits per heavy atom. The zero-order chi connectivity index (χ0) is 15.6. The van der Waals surface area contributed by atoms with Crippen molar-refractivity contribution in [2.75, 3.05) is 0 Å². The first-order valence-electron chi connectivity index (χ1n) is 6.91. The van der Waals surface area contributed by atoms with Gasteiger partial charge in [-0.2, -0.15) is 8.78 Å². The maximum atomic E-state index is 13.3. The number of fused-ring (bicyclic) bond motifs is 1. The number of aromatic nitrogens is 2. The Balaban J connectivity index is 2.36. The van der Waals surface area contributed by atoms with Crippen molar-refractivity contribution in [1.82, 2.24) is 9.55 Å². The molecule has 2 atom stereocenters. The van der Waals surface area contributed by atoms with E-state index in [1.807, 2.05) is 6.92 Å². The number of nitrogens with zero attached hydrogens (tertiary/aromatic N) is 2. The molecule has 1 heterocycles. The number of hydrogen-bond donors (Lipinski definition) is 0. The lowest BCUT2D eigenvalue weighted by Gasteiger charge is -2.17. The van der Waals surface area contributed by atoms with E-state index >= 15 is 0 Å². The Morgan fingerprint density at radius 3 is 2.62 bits per heavy atom. The van der Waals surface area contributed by atoms with Crippen LogP contribution in [0.2, 0.25) is 0 Å². The van der Waals surface area contributed by atoms with Gasteiger partial charge in [0.25, 0.3) is 0 Å². The van der Waals surface area contributed by atoms with Crippen LogP contribution < -0.4 is 0 Å². The van der Waals surface area contributed by atoms with Gasteiger partial charge in [-0.15, -0.1) is 0 Å². The predicted molar refractivity (Wildman–Crippen MR) is 74.9 cm³/mol. The Kier molecular flexibility index (Phi) is 4.55. The number of alkyl halides is 2. The molecule has 0 radical (unpaired) electrons. The topological polar surface area (TPSA) is 44.1 Å². The Hall–Kier alpha value is -1.98. The van der Waals surface area contributed by atoms with Crippen molar-refractivity contribution in [3.63, 3.8) is 0 Å². The highest BCUT2D eigenvalue weighted by molar-refractivity contribution is 5.76. The molecule has 2 unspecified atom stereocenters. The zero-order valence-electron chi connectivity index (χ0n) is 12.2. The first-order chi connectivity index (χ1) is 9.95. The van der Waals surface area contributed by atoms with Crippen LogP contribution in [0.5, 0.6) is 0 Å². The minimum absolute atomic E-state index is 0.0582. The SMILES string of the molecule is CCC(C)C(=O)OC(C)c1nc2ccccc2n1C(F)F. The van der Waals surface area contributed by atoms with Gasteiger partial charge in [0.1, 0.15) is 0 Å². The lowest BCUT2D eigenvalue weighted by molar-refractivity contribution is -0.153. The molecule has 21 heavy (non-hydrogen) atoms. The maximum absolute atomic E-state index is 13.3. The molecule has 0 saturated heterocycles. The van der Waals surface area contributed by atoms with Gasteiger partial charge in [-0.25, -0.2) is 4.98 Å². The highest BCUT2D eigenvalue weighted by Crippen LogP contribution is 2.28. The lowest BCUT2D eigenvalue weighted by Crippen LogP contribution is -2.19. The summed E-state index contributed by atoms with van der Waals surface area (Å²) in [7, 11) is 0. The van der Waals surface area contributed by atoms with E-state index in [1.165, 1.54) is 0 Å². The number of rotatable bonds is 5. The Bertz CT molecular complexity index is 640. The van der Waals surface area contributed by atoms with Crippen LogP contribution in [0.3, 0.4) is 0 Å². The fourth-order valence-electron chi connectivity index (χ4n) is 2.06. The number of halogens is 2. The monoisotopic (exact) mass is 296 g/mol. The molecule has 0 aliphatic rings. The molecule has 0 N–H and O–H groups in total. The minimum Gasteiger partial charge on any atom is -0.454 e. The van der Waals surface area contributed by atoms with Gasteiger partial charge in [0.15, 0.2) is 11.9 Å². The number of para-hydroxylation sites is 2. The fourth-order valence-corrected chi connectivity index (χ4v) is 2.06. The fraction of sp³-hybridized carbons (Fsp3) is 0.467. The summed E-state index contributed by atoms with van der Waals surface area (Å²) in [5.41, 5.74) is 0.785. The third kappa shape index (κ3) is 3.04. The van der Waals surface area contributed by atoms with Crippen LogP contribution in [-0.2, 0) is 9.53 Å². The van der Waals surface area contributed by atoms with E-state index < -0.39 is 18.6 Å². The molecule has 1 aromatic carbocycles. The number of imidazole rings is 1. The summed E-state index contributed by atoms with van der Waals surface area (Å²) < 4.78 is 32.7. The van der Waals surface area contributed by atoms with E-state index in [1.54, 1.807) is 38.1 Å². The van der Waals surface area contributed by atoms with Crippen LogP contribution in [0.15, 0.2) is 24.3 Å². The molecule has 0 spiro atoms. The molecule has 0 amide bonds. The highest BCUT2D eigenvalue weighted by Gasteiger charge is 2.25. The number of esters is 1. The minimum atomic E-state index is -2.74. The van der Waals surface area contributed by atoms with E-state index in [0.717, 1.165) is 4.57 Å². The second-order valence-electron chi connectivity index (χ2n) is 4.99. The number of carbonyl (C=O) groups excluding carboxylic acids is 1. The van der Waals surface area contributed by atoms with Crippen LogP contribution in [0.1, 0.15) is 45.7 Å². The largest absolute Gasteiger partial charge is 0.454 e. The third-order valence-electron chi connectivity index (χ3n) is 3.49. The molecule has 4 nitrogen and oxygen atoms in total. The predicted octanol–water partition coefficient (Wildman–Crippen LogP) is 4.08. The van der Waals surface area contributed by atoms with E-state index in [-0.39, 0.29) is 11.7 Å². The average Bonchev–Trinajstić information content (AvgIpc) is 2.85. The van der Waals surface area contributed by atoms with Crippen molar-refractivity contribution in [1.29, 1.82) is 0 Å². The van der Waals surface area contributed by atoms with Gasteiger partial charge in [0, 0.05) is 0 Å². The summed E-state index contributed by atoms with van der Waals surface area (Å²) in [6.45, 7) is 2.42. The molecular formula is C15H18F2N2O2. The van der Waals surface area contributed by atoms with Crippen LogP contribution in [-0.4, -0.2) is 15.5 Å². The number of hydrogen-bond acceptors (Lipinski definition) is 3. The molecule has 6 heteroatoms. The lowest BCUT2D eigenvalue weighted by atomic mass is 10.1. The molecule has 1 aromatic heterocycles. The standard InChI is InChI=1S/C15H18F2N2O2/c1-4-9(2)14(20)21-10(3)13-18-11-7-5-6-8-12(11)19(13)15(16)17/h5-10,15H,4H2,1-3H3. The van der Waals surface area contributed by atoms with E-state index in [4.69, 9.17) is 4.74 Å². The molecule has 0 saturated carbocycles. The molecule has 2 aromatic rings. The quantitative estimate of drug-likeness (QED) is 0.781.